The lowest BCUT2D eigenvalue weighted by molar-refractivity contribution is 0.102. The summed E-state index contributed by atoms with van der Waals surface area (Å²) >= 11 is 8.89. The Morgan fingerprint density at radius 2 is 2.11 bits per heavy atom. The molecule has 0 aliphatic heterocycles. The van der Waals surface area contributed by atoms with Crippen LogP contribution in [0.5, 0.6) is 5.75 Å². The monoisotopic (exact) mass is 327 g/mol. The average Bonchev–Trinajstić information content (AvgIpc) is 2.35. The molecule has 1 heterocycles. The number of phenolic OH excluding ortho intramolecular Hbond substituents is 1. The van der Waals surface area contributed by atoms with Gasteiger partial charge in [0.15, 0.2) is 5.82 Å². The zero-order chi connectivity index (χ0) is 13.1. The largest absolute Gasteiger partial charge is 0.507 e. The molecule has 0 saturated heterocycles. The van der Waals surface area contributed by atoms with Crippen LogP contribution in [0.15, 0.2) is 35.2 Å². The SMILES string of the molecule is O=C(Nc1cnc(Br)cn1)c1cc(Cl)ccc1O. The molecule has 0 fully saturated rings. The molecule has 1 aromatic carbocycles. The van der Waals surface area contributed by atoms with Crippen molar-refractivity contribution in [3.63, 3.8) is 0 Å². The van der Waals surface area contributed by atoms with Crippen LogP contribution >= 0.6 is 27.5 Å². The zero-order valence-electron chi connectivity index (χ0n) is 8.89. The summed E-state index contributed by atoms with van der Waals surface area (Å²) < 4.78 is 0.561. The lowest BCUT2D eigenvalue weighted by Gasteiger charge is -2.06. The Morgan fingerprint density at radius 1 is 1.33 bits per heavy atom. The van der Waals surface area contributed by atoms with Crippen LogP contribution in [0.1, 0.15) is 10.4 Å². The molecule has 5 nitrogen and oxygen atoms in total. The highest BCUT2D eigenvalue weighted by Gasteiger charge is 2.12. The third-order valence-corrected chi connectivity index (χ3v) is 2.71. The van der Waals surface area contributed by atoms with Crippen molar-refractivity contribution in [3.05, 3.63) is 45.8 Å². The number of amides is 1. The standard InChI is InChI=1S/C11H7BrClN3O2/c12-9-4-15-10(5-14-9)16-11(18)7-3-6(13)1-2-8(7)17/h1-5,17H,(H,15,16,18). The second-order valence-electron chi connectivity index (χ2n) is 3.34. The maximum atomic E-state index is 11.9. The second kappa shape index (κ2) is 5.32. The number of nitrogens with one attached hydrogen (secondary N) is 1. The van der Waals surface area contributed by atoms with E-state index in [1.165, 1.54) is 30.6 Å². The first kappa shape index (κ1) is 12.8. The van der Waals surface area contributed by atoms with E-state index in [0.717, 1.165) is 0 Å². The van der Waals surface area contributed by atoms with Gasteiger partial charge in [0.2, 0.25) is 0 Å². The van der Waals surface area contributed by atoms with Gasteiger partial charge in [-0.15, -0.1) is 0 Å². The molecule has 0 aliphatic rings. The van der Waals surface area contributed by atoms with E-state index in [2.05, 4.69) is 31.2 Å². The summed E-state index contributed by atoms with van der Waals surface area (Å²) in [6.45, 7) is 0. The smallest absolute Gasteiger partial charge is 0.260 e. The van der Waals surface area contributed by atoms with E-state index < -0.39 is 5.91 Å². The number of anilines is 1. The van der Waals surface area contributed by atoms with E-state index in [-0.39, 0.29) is 17.1 Å². The van der Waals surface area contributed by atoms with E-state index in [1.807, 2.05) is 0 Å². The first-order chi connectivity index (χ1) is 8.56. The molecule has 0 unspecified atom stereocenters. The van der Waals surface area contributed by atoms with Crippen LogP contribution in [-0.4, -0.2) is 21.0 Å². The highest BCUT2D eigenvalue weighted by Crippen LogP contribution is 2.22. The maximum absolute atomic E-state index is 11.9. The highest BCUT2D eigenvalue weighted by molar-refractivity contribution is 9.10. The normalized spacial score (nSPS) is 10.1. The van der Waals surface area contributed by atoms with Crippen LogP contribution in [0.4, 0.5) is 5.82 Å². The molecule has 1 amide bonds. The van der Waals surface area contributed by atoms with Gasteiger partial charge in [-0.25, -0.2) is 9.97 Å². The van der Waals surface area contributed by atoms with Crippen molar-refractivity contribution in [3.8, 4) is 5.75 Å². The van der Waals surface area contributed by atoms with Gasteiger partial charge in [0.1, 0.15) is 10.4 Å². The summed E-state index contributed by atoms with van der Waals surface area (Å²) in [5.41, 5.74) is 0.0761. The molecule has 2 aromatic rings. The molecule has 0 spiro atoms. The third kappa shape index (κ3) is 2.96. The van der Waals surface area contributed by atoms with Crippen LogP contribution in [0.3, 0.4) is 0 Å². The van der Waals surface area contributed by atoms with Crippen molar-refractivity contribution in [2.45, 2.75) is 0 Å². The number of carbonyl (C=O) groups is 1. The highest BCUT2D eigenvalue weighted by atomic mass is 79.9. The first-order valence-corrected chi connectivity index (χ1v) is 6.01. The fourth-order valence-corrected chi connectivity index (χ4v) is 1.63. The number of aromatic nitrogens is 2. The Balaban J connectivity index is 2.21. The summed E-state index contributed by atoms with van der Waals surface area (Å²) in [6, 6.07) is 4.22. The van der Waals surface area contributed by atoms with Crippen molar-refractivity contribution >= 4 is 39.3 Å². The van der Waals surface area contributed by atoms with Gasteiger partial charge in [0.05, 0.1) is 18.0 Å². The van der Waals surface area contributed by atoms with Crippen molar-refractivity contribution in [2.24, 2.45) is 0 Å². The van der Waals surface area contributed by atoms with Gasteiger partial charge < -0.3 is 10.4 Å². The van der Waals surface area contributed by atoms with E-state index in [9.17, 15) is 9.90 Å². The fourth-order valence-electron chi connectivity index (χ4n) is 1.25. The summed E-state index contributed by atoms with van der Waals surface area (Å²) in [5, 5.41) is 12.4. The molecule has 7 heteroatoms. The lowest BCUT2D eigenvalue weighted by Crippen LogP contribution is -2.13. The lowest BCUT2D eigenvalue weighted by atomic mass is 10.2. The predicted octanol–water partition coefficient (Wildman–Crippen LogP) is 2.85. The second-order valence-corrected chi connectivity index (χ2v) is 4.59. The molecule has 18 heavy (non-hydrogen) atoms. The zero-order valence-corrected chi connectivity index (χ0v) is 11.2. The average molecular weight is 329 g/mol. The van der Waals surface area contributed by atoms with Crippen LogP contribution in [0.25, 0.3) is 0 Å². The summed E-state index contributed by atoms with van der Waals surface area (Å²) in [4.78, 5) is 19.7. The Kier molecular flexibility index (Phi) is 3.78. The Morgan fingerprint density at radius 3 is 2.78 bits per heavy atom. The van der Waals surface area contributed by atoms with Crippen molar-refractivity contribution in [1.29, 1.82) is 0 Å². The van der Waals surface area contributed by atoms with Gasteiger partial charge in [0.25, 0.3) is 5.91 Å². The molecule has 0 bridgehead atoms. The molecule has 92 valence electrons. The van der Waals surface area contributed by atoms with Crippen LogP contribution in [0.2, 0.25) is 5.02 Å². The minimum atomic E-state index is -0.508. The number of benzene rings is 1. The van der Waals surface area contributed by atoms with Gasteiger partial charge in [-0.3, -0.25) is 4.79 Å². The first-order valence-electron chi connectivity index (χ1n) is 4.83. The number of hydrogen-bond donors (Lipinski definition) is 2. The molecule has 0 aliphatic carbocycles. The number of halogens is 2. The molecular formula is C11H7BrClN3O2. The van der Waals surface area contributed by atoms with Gasteiger partial charge in [-0.1, -0.05) is 11.6 Å². The Labute approximate surface area is 116 Å². The summed E-state index contributed by atoms with van der Waals surface area (Å²) in [5.74, 6) is -0.379. The van der Waals surface area contributed by atoms with Gasteiger partial charge in [-0.05, 0) is 34.1 Å². The number of rotatable bonds is 2. The quantitative estimate of drug-likeness (QED) is 0.889. The van der Waals surface area contributed by atoms with Crippen molar-refractivity contribution in [1.82, 2.24) is 9.97 Å². The van der Waals surface area contributed by atoms with Gasteiger partial charge in [-0.2, -0.15) is 0 Å². The van der Waals surface area contributed by atoms with Crippen molar-refractivity contribution < 1.29 is 9.90 Å². The number of nitrogens with zero attached hydrogens (tertiary/aromatic N) is 2. The molecule has 0 atom stereocenters. The molecular weight excluding hydrogens is 321 g/mol. The predicted molar refractivity (Wildman–Crippen MR) is 70.8 cm³/mol. The number of hydrogen-bond acceptors (Lipinski definition) is 4. The van der Waals surface area contributed by atoms with E-state index in [1.54, 1.807) is 0 Å². The number of aromatic hydroxyl groups is 1. The summed E-state index contributed by atoms with van der Waals surface area (Å²) in [6.07, 6.45) is 2.84. The topological polar surface area (TPSA) is 75.1 Å². The maximum Gasteiger partial charge on any atom is 0.260 e. The number of phenols is 1. The van der Waals surface area contributed by atoms with Crippen LogP contribution in [-0.2, 0) is 0 Å². The minimum absolute atomic E-state index is 0.0761. The van der Waals surface area contributed by atoms with Crippen LogP contribution in [0, 0.1) is 0 Å². The van der Waals surface area contributed by atoms with E-state index in [4.69, 9.17) is 11.6 Å². The minimum Gasteiger partial charge on any atom is -0.507 e. The molecule has 2 rings (SSSR count). The number of carbonyl (C=O) groups excluding carboxylic acids is 1. The summed E-state index contributed by atoms with van der Waals surface area (Å²) in [7, 11) is 0. The molecule has 2 N–H and O–H groups in total. The fraction of sp³-hybridized carbons (Fsp3) is 0. The van der Waals surface area contributed by atoms with Crippen molar-refractivity contribution in [2.75, 3.05) is 5.32 Å². The van der Waals surface area contributed by atoms with Gasteiger partial charge >= 0.3 is 0 Å². The molecule has 1 aromatic heterocycles. The van der Waals surface area contributed by atoms with E-state index >= 15 is 0 Å². The Hall–Kier alpha value is -1.66. The van der Waals surface area contributed by atoms with Gasteiger partial charge in [0, 0.05) is 5.02 Å². The molecule has 0 radical (unpaired) electrons. The molecule has 0 saturated carbocycles. The Bertz CT molecular complexity index is 589. The third-order valence-electron chi connectivity index (χ3n) is 2.07. The van der Waals surface area contributed by atoms with E-state index in [0.29, 0.717) is 9.63 Å². The van der Waals surface area contributed by atoms with Crippen LogP contribution < -0.4 is 5.32 Å².